The second-order valence-electron chi connectivity index (χ2n) is 6.16. The van der Waals surface area contributed by atoms with Crippen LogP contribution in [0.2, 0.25) is 0 Å². The quantitative estimate of drug-likeness (QED) is 0.801. The lowest BCUT2D eigenvalue weighted by Gasteiger charge is -2.11. The van der Waals surface area contributed by atoms with Gasteiger partial charge in [0.1, 0.15) is 6.33 Å². The van der Waals surface area contributed by atoms with E-state index in [0.29, 0.717) is 18.6 Å². The molecule has 6 nitrogen and oxygen atoms in total. The van der Waals surface area contributed by atoms with E-state index in [0.717, 1.165) is 33.8 Å². The standard InChI is InChI=1S/C18H21N5O/c1-11-7-12(2)9-15(8-11)22-17(24)6-5-16-13(3)21-18-19-10-20-23(18)14(16)4/h7-10H,5-6H2,1-4H3,(H,22,24). The molecule has 1 aromatic carbocycles. The largest absolute Gasteiger partial charge is 0.326 e. The van der Waals surface area contributed by atoms with Crippen molar-refractivity contribution in [1.29, 1.82) is 0 Å². The third kappa shape index (κ3) is 3.27. The molecule has 1 amide bonds. The van der Waals surface area contributed by atoms with E-state index in [-0.39, 0.29) is 5.91 Å². The van der Waals surface area contributed by atoms with Crippen molar-refractivity contribution >= 4 is 17.4 Å². The Balaban J connectivity index is 1.72. The lowest BCUT2D eigenvalue weighted by atomic mass is 10.1. The molecule has 0 saturated heterocycles. The Labute approximate surface area is 141 Å². The number of carbonyl (C=O) groups is 1. The van der Waals surface area contributed by atoms with Crippen LogP contribution >= 0.6 is 0 Å². The number of fused-ring (bicyclic) bond motifs is 1. The van der Waals surface area contributed by atoms with Gasteiger partial charge in [-0.15, -0.1) is 0 Å². The van der Waals surface area contributed by atoms with Gasteiger partial charge in [-0.3, -0.25) is 4.79 Å². The van der Waals surface area contributed by atoms with Gasteiger partial charge in [0.15, 0.2) is 0 Å². The second kappa shape index (κ2) is 6.39. The van der Waals surface area contributed by atoms with Crippen LogP contribution in [0.4, 0.5) is 5.69 Å². The number of hydrogen-bond acceptors (Lipinski definition) is 4. The van der Waals surface area contributed by atoms with E-state index in [1.54, 1.807) is 4.52 Å². The Morgan fingerprint density at radius 1 is 1.12 bits per heavy atom. The highest BCUT2D eigenvalue weighted by Gasteiger charge is 2.12. The van der Waals surface area contributed by atoms with Crippen molar-refractivity contribution in [2.45, 2.75) is 40.5 Å². The average Bonchev–Trinajstić information content (AvgIpc) is 2.94. The van der Waals surface area contributed by atoms with Gasteiger partial charge >= 0.3 is 0 Å². The van der Waals surface area contributed by atoms with Crippen LogP contribution in [0.1, 0.15) is 34.5 Å². The SMILES string of the molecule is Cc1cc(C)cc(NC(=O)CCc2c(C)nc3ncnn3c2C)c1. The molecular formula is C18H21N5O. The maximum absolute atomic E-state index is 12.3. The van der Waals surface area contributed by atoms with Crippen LogP contribution in [-0.2, 0) is 11.2 Å². The number of amides is 1. The van der Waals surface area contributed by atoms with Crippen molar-refractivity contribution in [3.63, 3.8) is 0 Å². The predicted octanol–water partition coefficient (Wildman–Crippen LogP) is 2.93. The summed E-state index contributed by atoms with van der Waals surface area (Å²) in [5.41, 5.74) is 6.04. The highest BCUT2D eigenvalue weighted by Crippen LogP contribution is 2.17. The van der Waals surface area contributed by atoms with E-state index < -0.39 is 0 Å². The number of hydrogen-bond donors (Lipinski definition) is 1. The Morgan fingerprint density at radius 2 is 1.83 bits per heavy atom. The number of nitrogens with one attached hydrogen (secondary N) is 1. The number of benzene rings is 1. The Bertz CT molecular complexity index is 893. The third-order valence-corrected chi connectivity index (χ3v) is 4.10. The van der Waals surface area contributed by atoms with E-state index in [2.05, 4.69) is 26.4 Å². The summed E-state index contributed by atoms with van der Waals surface area (Å²) in [6, 6.07) is 6.04. The third-order valence-electron chi connectivity index (χ3n) is 4.10. The van der Waals surface area contributed by atoms with E-state index >= 15 is 0 Å². The maximum atomic E-state index is 12.3. The first-order valence-corrected chi connectivity index (χ1v) is 7.98. The summed E-state index contributed by atoms with van der Waals surface area (Å²) in [5, 5.41) is 7.15. The first-order valence-electron chi connectivity index (χ1n) is 7.98. The summed E-state index contributed by atoms with van der Waals surface area (Å²) in [4.78, 5) is 20.8. The number of anilines is 1. The van der Waals surface area contributed by atoms with Crippen LogP contribution in [0.5, 0.6) is 0 Å². The number of nitrogens with zero attached hydrogens (tertiary/aromatic N) is 4. The monoisotopic (exact) mass is 323 g/mol. The average molecular weight is 323 g/mol. The second-order valence-corrected chi connectivity index (χ2v) is 6.16. The molecule has 0 bridgehead atoms. The van der Waals surface area contributed by atoms with Crippen molar-refractivity contribution in [2.75, 3.05) is 5.32 Å². The molecule has 3 aromatic rings. The molecule has 0 saturated carbocycles. The molecule has 24 heavy (non-hydrogen) atoms. The topological polar surface area (TPSA) is 72.2 Å². The summed E-state index contributed by atoms with van der Waals surface area (Å²) in [5.74, 6) is 0.589. The molecule has 2 heterocycles. The van der Waals surface area contributed by atoms with Gasteiger partial charge in [-0.05, 0) is 62.9 Å². The van der Waals surface area contributed by atoms with Gasteiger partial charge in [0.25, 0.3) is 5.78 Å². The van der Waals surface area contributed by atoms with Gasteiger partial charge in [0.2, 0.25) is 5.91 Å². The number of rotatable bonds is 4. The summed E-state index contributed by atoms with van der Waals surface area (Å²) in [7, 11) is 0. The minimum atomic E-state index is -0.00233. The van der Waals surface area contributed by atoms with Crippen LogP contribution in [0.15, 0.2) is 24.5 Å². The van der Waals surface area contributed by atoms with Crippen LogP contribution in [0, 0.1) is 27.7 Å². The maximum Gasteiger partial charge on any atom is 0.252 e. The van der Waals surface area contributed by atoms with Gasteiger partial charge in [-0.25, -0.2) is 9.50 Å². The van der Waals surface area contributed by atoms with Gasteiger partial charge in [0, 0.05) is 23.5 Å². The number of aryl methyl sites for hydroxylation is 4. The lowest BCUT2D eigenvalue weighted by molar-refractivity contribution is -0.116. The summed E-state index contributed by atoms with van der Waals surface area (Å²) in [6.45, 7) is 7.97. The molecule has 1 N–H and O–H groups in total. The summed E-state index contributed by atoms with van der Waals surface area (Å²) in [6.07, 6.45) is 2.51. The van der Waals surface area contributed by atoms with E-state index in [9.17, 15) is 4.79 Å². The first kappa shape index (κ1) is 16.1. The van der Waals surface area contributed by atoms with Gasteiger partial charge in [0.05, 0.1) is 0 Å². The summed E-state index contributed by atoms with van der Waals surface area (Å²) < 4.78 is 1.71. The molecule has 0 aliphatic heterocycles. The lowest BCUT2D eigenvalue weighted by Crippen LogP contribution is -2.14. The Kier molecular flexibility index (Phi) is 4.29. The van der Waals surface area contributed by atoms with Crippen LogP contribution in [0.3, 0.4) is 0 Å². The molecule has 0 aliphatic rings. The zero-order chi connectivity index (χ0) is 17.3. The van der Waals surface area contributed by atoms with Crippen molar-refractivity contribution in [3.05, 3.63) is 52.6 Å². The fourth-order valence-corrected chi connectivity index (χ4v) is 3.03. The molecular weight excluding hydrogens is 302 g/mol. The van der Waals surface area contributed by atoms with Crippen molar-refractivity contribution in [3.8, 4) is 0 Å². The molecule has 0 fully saturated rings. The molecule has 2 aromatic heterocycles. The summed E-state index contributed by atoms with van der Waals surface area (Å²) >= 11 is 0. The Morgan fingerprint density at radius 3 is 2.54 bits per heavy atom. The highest BCUT2D eigenvalue weighted by atomic mass is 16.1. The van der Waals surface area contributed by atoms with Crippen LogP contribution in [0.25, 0.3) is 5.78 Å². The van der Waals surface area contributed by atoms with Crippen molar-refractivity contribution in [1.82, 2.24) is 19.6 Å². The highest BCUT2D eigenvalue weighted by molar-refractivity contribution is 5.91. The van der Waals surface area contributed by atoms with Crippen molar-refractivity contribution in [2.24, 2.45) is 0 Å². The van der Waals surface area contributed by atoms with Gasteiger partial charge in [-0.1, -0.05) is 6.07 Å². The molecule has 0 unspecified atom stereocenters. The first-order chi connectivity index (χ1) is 11.4. The number of aromatic nitrogens is 4. The van der Waals surface area contributed by atoms with E-state index in [4.69, 9.17) is 0 Å². The molecule has 0 atom stereocenters. The fourth-order valence-electron chi connectivity index (χ4n) is 3.03. The molecule has 6 heteroatoms. The van der Waals surface area contributed by atoms with Crippen molar-refractivity contribution < 1.29 is 4.79 Å². The van der Waals surface area contributed by atoms with Gasteiger partial charge in [-0.2, -0.15) is 10.1 Å². The van der Waals surface area contributed by atoms with Crippen LogP contribution in [-0.4, -0.2) is 25.5 Å². The van der Waals surface area contributed by atoms with Gasteiger partial charge < -0.3 is 5.32 Å². The number of carbonyl (C=O) groups excluding carboxylic acids is 1. The smallest absolute Gasteiger partial charge is 0.252 e. The predicted molar refractivity (Wildman–Crippen MR) is 93.1 cm³/mol. The Hall–Kier alpha value is -2.76. The minimum Gasteiger partial charge on any atom is -0.326 e. The zero-order valence-corrected chi connectivity index (χ0v) is 14.4. The molecule has 0 aliphatic carbocycles. The molecule has 124 valence electrons. The van der Waals surface area contributed by atoms with E-state index in [1.807, 2.05) is 39.8 Å². The zero-order valence-electron chi connectivity index (χ0n) is 14.4. The fraction of sp³-hybridized carbons (Fsp3) is 0.333. The van der Waals surface area contributed by atoms with E-state index in [1.165, 1.54) is 6.33 Å². The molecule has 3 rings (SSSR count). The minimum absolute atomic E-state index is 0.00233. The molecule has 0 spiro atoms. The normalized spacial score (nSPS) is 11.0. The molecule has 0 radical (unpaired) electrons. The van der Waals surface area contributed by atoms with Crippen LogP contribution < -0.4 is 5.32 Å².